The van der Waals surface area contributed by atoms with E-state index in [2.05, 4.69) is 48.0 Å². The number of imidazole rings is 1. The smallest absolute Gasteiger partial charge is 0.267 e. The number of amides is 1. The van der Waals surface area contributed by atoms with E-state index in [1.54, 1.807) is 0 Å². The lowest BCUT2D eigenvalue weighted by atomic mass is 10.1. The number of primary amides is 1. The summed E-state index contributed by atoms with van der Waals surface area (Å²) in [5.74, 6) is 1.70. The third kappa shape index (κ3) is 3.49. The molecular formula is C25H24BrN3O2. The molecule has 0 spiro atoms. The van der Waals surface area contributed by atoms with Crippen molar-refractivity contribution in [1.29, 1.82) is 0 Å². The van der Waals surface area contributed by atoms with E-state index in [-0.39, 0.29) is 0 Å². The molecule has 0 saturated heterocycles. The molecule has 2 N–H and O–H groups in total. The van der Waals surface area contributed by atoms with Gasteiger partial charge in [0.25, 0.3) is 5.91 Å². The highest BCUT2D eigenvalue weighted by Gasteiger charge is 2.33. The first kappa shape index (κ1) is 20.1. The van der Waals surface area contributed by atoms with Gasteiger partial charge in [0.05, 0.1) is 10.2 Å². The van der Waals surface area contributed by atoms with E-state index in [1.165, 1.54) is 0 Å². The first-order valence-electron chi connectivity index (χ1n) is 10.6. The zero-order valence-electron chi connectivity index (χ0n) is 17.6. The number of aromatic nitrogens is 2. The van der Waals surface area contributed by atoms with Gasteiger partial charge in [-0.3, -0.25) is 4.79 Å². The summed E-state index contributed by atoms with van der Waals surface area (Å²) in [5.41, 5.74) is 11.3. The van der Waals surface area contributed by atoms with Crippen molar-refractivity contribution < 1.29 is 9.21 Å². The van der Waals surface area contributed by atoms with Crippen LogP contribution >= 0.6 is 15.9 Å². The summed E-state index contributed by atoms with van der Waals surface area (Å²) in [7, 11) is 0. The van der Waals surface area contributed by atoms with Gasteiger partial charge in [0.2, 0.25) is 0 Å². The van der Waals surface area contributed by atoms with E-state index in [1.807, 2.05) is 28.8 Å². The van der Waals surface area contributed by atoms with Gasteiger partial charge in [-0.25, -0.2) is 4.98 Å². The molecular weight excluding hydrogens is 454 g/mol. The third-order valence-corrected chi connectivity index (χ3v) is 6.80. The quantitative estimate of drug-likeness (QED) is 0.372. The molecule has 1 saturated carbocycles. The van der Waals surface area contributed by atoms with Crippen LogP contribution in [0.5, 0.6) is 0 Å². The number of furan rings is 1. The Morgan fingerprint density at radius 2 is 2.03 bits per heavy atom. The fraction of sp³-hybridized carbons (Fsp3) is 0.280. The Morgan fingerprint density at radius 1 is 1.26 bits per heavy atom. The molecule has 0 radical (unpaired) electrons. The first-order valence-corrected chi connectivity index (χ1v) is 11.4. The maximum atomic E-state index is 12.3. The van der Waals surface area contributed by atoms with Crippen LogP contribution in [0.3, 0.4) is 0 Å². The minimum Gasteiger partial charge on any atom is -0.455 e. The molecule has 1 fully saturated rings. The van der Waals surface area contributed by atoms with E-state index in [9.17, 15) is 4.79 Å². The molecule has 0 aliphatic heterocycles. The molecule has 1 aliphatic carbocycles. The van der Waals surface area contributed by atoms with Crippen LogP contribution in [0.15, 0.2) is 51.4 Å². The van der Waals surface area contributed by atoms with Crippen LogP contribution in [0.2, 0.25) is 0 Å². The Balaban J connectivity index is 1.58. The average molecular weight is 478 g/mol. The molecule has 2 aromatic heterocycles. The lowest BCUT2D eigenvalue weighted by Gasteiger charge is -2.10. The molecule has 2 aromatic carbocycles. The second-order valence-corrected chi connectivity index (χ2v) is 9.02. The zero-order valence-corrected chi connectivity index (χ0v) is 19.2. The molecule has 1 amide bonds. The molecule has 4 aromatic rings. The summed E-state index contributed by atoms with van der Waals surface area (Å²) in [6.45, 7) is 4.69. The van der Waals surface area contributed by atoms with E-state index < -0.39 is 5.91 Å². The highest BCUT2D eigenvalue weighted by Crippen LogP contribution is 2.42. The van der Waals surface area contributed by atoms with Crippen molar-refractivity contribution in [2.24, 2.45) is 5.73 Å². The fourth-order valence-corrected chi connectivity index (χ4v) is 4.86. The molecule has 6 heteroatoms. The number of carbonyl (C=O) groups excluding carboxylic acids is 1. The SMILES string of the molecule is CCc1nc(C2CC2)c(C(N)=O)n1Cc1ccc2oc(-c3ccccc3C)c(Br)c2c1. The summed E-state index contributed by atoms with van der Waals surface area (Å²) in [4.78, 5) is 17.1. The number of fused-ring (bicyclic) bond motifs is 1. The molecule has 5 nitrogen and oxygen atoms in total. The maximum absolute atomic E-state index is 12.3. The minimum absolute atomic E-state index is 0.371. The zero-order chi connectivity index (χ0) is 21.7. The number of hydrogen-bond donors (Lipinski definition) is 1. The number of aryl methyl sites for hydroxylation is 2. The molecule has 158 valence electrons. The van der Waals surface area contributed by atoms with Gasteiger partial charge < -0.3 is 14.7 Å². The Morgan fingerprint density at radius 3 is 2.71 bits per heavy atom. The van der Waals surface area contributed by atoms with Crippen LogP contribution in [0.25, 0.3) is 22.3 Å². The van der Waals surface area contributed by atoms with Crippen molar-refractivity contribution in [2.45, 2.75) is 45.6 Å². The lowest BCUT2D eigenvalue weighted by molar-refractivity contribution is 0.0990. The molecule has 0 bridgehead atoms. The van der Waals surface area contributed by atoms with Crippen LogP contribution in [-0.4, -0.2) is 15.5 Å². The van der Waals surface area contributed by atoms with Gasteiger partial charge in [0.1, 0.15) is 22.9 Å². The summed E-state index contributed by atoms with van der Waals surface area (Å²) in [6.07, 6.45) is 2.91. The van der Waals surface area contributed by atoms with Crippen LogP contribution in [0.1, 0.15) is 58.8 Å². The summed E-state index contributed by atoms with van der Waals surface area (Å²) < 4.78 is 9.11. The van der Waals surface area contributed by atoms with Crippen molar-refractivity contribution >= 4 is 32.8 Å². The van der Waals surface area contributed by atoms with Gasteiger partial charge in [-0.2, -0.15) is 0 Å². The fourth-order valence-electron chi connectivity index (χ4n) is 4.26. The van der Waals surface area contributed by atoms with Crippen LogP contribution in [0.4, 0.5) is 0 Å². The topological polar surface area (TPSA) is 74.0 Å². The Kier molecular flexibility index (Phi) is 4.97. The predicted molar refractivity (Wildman–Crippen MR) is 125 cm³/mol. The molecule has 2 heterocycles. The maximum Gasteiger partial charge on any atom is 0.267 e. The van der Waals surface area contributed by atoms with Crippen LogP contribution < -0.4 is 5.73 Å². The highest BCUT2D eigenvalue weighted by atomic mass is 79.9. The van der Waals surface area contributed by atoms with E-state index in [4.69, 9.17) is 15.1 Å². The standard InChI is InChI=1S/C25H24BrN3O2/c1-3-20-28-22(16-9-10-16)23(25(27)30)29(20)13-15-8-11-19-18(12-15)21(26)24(31-19)17-7-5-4-6-14(17)2/h4-8,11-12,16H,3,9-10,13H2,1-2H3,(H2,27,30). The molecule has 0 atom stereocenters. The number of nitrogens with zero attached hydrogens (tertiary/aromatic N) is 2. The van der Waals surface area contributed by atoms with Gasteiger partial charge in [-0.15, -0.1) is 0 Å². The summed E-state index contributed by atoms with van der Waals surface area (Å²) in [6, 6.07) is 14.3. The van der Waals surface area contributed by atoms with Crippen molar-refractivity contribution in [3.8, 4) is 11.3 Å². The van der Waals surface area contributed by atoms with Crippen molar-refractivity contribution in [3.63, 3.8) is 0 Å². The van der Waals surface area contributed by atoms with E-state index in [0.717, 1.165) is 68.7 Å². The van der Waals surface area contributed by atoms with Crippen LogP contribution in [0, 0.1) is 6.92 Å². The number of nitrogens with two attached hydrogens (primary N) is 1. The number of carbonyl (C=O) groups is 1. The lowest BCUT2D eigenvalue weighted by Crippen LogP contribution is -2.20. The van der Waals surface area contributed by atoms with E-state index >= 15 is 0 Å². The third-order valence-electron chi connectivity index (χ3n) is 6.01. The monoisotopic (exact) mass is 477 g/mol. The first-order chi connectivity index (χ1) is 15.0. The van der Waals surface area contributed by atoms with Crippen molar-refractivity contribution in [2.75, 3.05) is 0 Å². The number of halogens is 1. The Labute approximate surface area is 189 Å². The Hall–Kier alpha value is -2.86. The molecule has 31 heavy (non-hydrogen) atoms. The number of hydrogen-bond acceptors (Lipinski definition) is 3. The summed E-state index contributed by atoms with van der Waals surface area (Å²) >= 11 is 3.75. The highest BCUT2D eigenvalue weighted by molar-refractivity contribution is 9.10. The molecule has 1 aliphatic rings. The second kappa shape index (κ2) is 7.68. The minimum atomic E-state index is -0.401. The van der Waals surface area contributed by atoms with Crippen LogP contribution in [-0.2, 0) is 13.0 Å². The number of benzene rings is 2. The molecule has 5 rings (SSSR count). The average Bonchev–Trinajstić information content (AvgIpc) is 3.47. The number of rotatable bonds is 6. The largest absolute Gasteiger partial charge is 0.455 e. The predicted octanol–water partition coefficient (Wildman–Crippen LogP) is 5.95. The van der Waals surface area contributed by atoms with Gasteiger partial charge in [0, 0.05) is 29.8 Å². The summed E-state index contributed by atoms with van der Waals surface area (Å²) in [5, 5.41) is 1.01. The normalized spacial score (nSPS) is 13.8. The van der Waals surface area contributed by atoms with Gasteiger partial charge in [0.15, 0.2) is 0 Å². The second-order valence-electron chi connectivity index (χ2n) is 8.23. The Bertz CT molecular complexity index is 1310. The van der Waals surface area contributed by atoms with Gasteiger partial charge in [-0.1, -0.05) is 37.3 Å². The van der Waals surface area contributed by atoms with E-state index in [0.29, 0.717) is 18.2 Å². The van der Waals surface area contributed by atoms with Gasteiger partial charge in [-0.05, 0) is 59.0 Å². The van der Waals surface area contributed by atoms with Crippen molar-refractivity contribution in [1.82, 2.24) is 9.55 Å². The van der Waals surface area contributed by atoms with Crippen molar-refractivity contribution in [3.05, 3.63) is 75.3 Å². The van der Waals surface area contributed by atoms with Gasteiger partial charge >= 0.3 is 0 Å². The molecule has 0 unspecified atom stereocenters.